The van der Waals surface area contributed by atoms with E-state index in [-0.39, 0.29) is 140 Å². The Morgan fingerprint density at radius 2 is 1.20 bits per heavy atom. The molecule has 542 valence electrons. The number of amides is 7. The Labute approximate surface area is 617 Å². The van der Waals surface area contributed by atoms with Crippen LogP contribution in [-0.4, -0.2) is 211 Å². The molecule has 7 aromatic rings. The van der Waals surface area contributed by atoms with Crippen LogP contribution in [0, 0.1) is 0 Å². The molecule has 7 amide bonds. The summed E-state index contributed by atoms with van der Waals surface area (Å²) >= 11 is 4.32. The normalized spacial score (nSPS) is 17.1. The summed E-state index contributed by atoms with van der Waals surface area (Å²) in [5, 5.41) is 26.6. The quantitative estimate of drug-likeness (QED) is 0.0124. The van der Waals surface area contributed by atoms with E-state index >= 15 is 0 Å². The summed E-state index contributed by atoms with van der Waals surface area (Å²) in [5.74, 6) is -4.21. The zero-order valence-corrected chi connectivity index (χ0v) is 61.4. The van der Waals surface area contributed by atoms with Crippen LogP contribution in [0.2, 0.25) is 0 Å². The van der Waals surface area contributed by atoms with Crippen molar-refractivity contribution in [2.45, 2.75) is 103 Å². The number of carbonyl (C=O) groups excluding carboxylic acids is 9. The highest BCUT2D eigenvalue weighted by atomic mass is 127. The minimum absolute atomic E-state index is 0. The molecular formula is C62H73IN20O15S4. The number of aromatic nitrogens is 10. The number of benzene rings is 1. The third-order valence-corrected chi connectivity index (χ3v) is 19.0. The van der Waals surface area contributed by atoms with E-state index in [0.717, 1.165) is 28.0 Å². The number of aliphatic carboxylic acids is 1. The maximum absolute atomic E-state index is 14.0. The maximum atomic E-state index is 14.0. The minimum atomic E-state index is -1.51. The second-order valence-electron chi connectivity index (χ2n) is 23.6. The van der Waals surface area contributed by atoms with E-state index in [1.807, 2.05) is 22.8 Å². The largest absolute Gasteiger partial charge is 1.00 e. The molecule has 4 aliphatic rings. The maximum Gasteiger partial charge on any atom is 0.414 e. The first-order valence-electron chi connectivity index (χ1n) is 30.6. The van der Waals surface area contributed by atoms with Gasteiger partial charge in [0.1, 0.15) is 96.9 Å². The number of halogens is 1. The molecule has 5 N–H and O–H groups in total. The van der Waals surface area contributed by atoms with Gasteiger partial charge < -0.3 is 83.9 Å². The highest BCUT2D eigenvalue weighted by Gasteiger charge is 2.56. The summed E-state index contributed by atoms with van der Waals surface area (Å²) in [7, 11) is 8.24. The molecule has 0 bridgehead atoms. The van der Waals surface area contributed by atoms with Crippen molar-refractivity contribution in [2.75, 3.05) is 71.1 Å². The number of imidazole rings is 2. The Kier molecular flexibility index (Phi) is 25.7. The van der Waals surface area contributed by atoms with Gasteiger partial charge in [-0.2, -0.15) is 18.7 Å². The van der Waals surface area contributed by atoms with Gasteiger partial charge in [-0.25, -0.2) is 18.7 Å². The minimum Gasteiger partial charge on any atom is -1.00 e. The van der Waals surface area contributed by atoms with Crippen LogP contribution in [0.1, 0.15) is 59.3 Å². The number of carboxylic acid groups (broad SMARTS) is 1. The number of carbonyl (C=O) groups is 9. The predicted octanol–water partition coefficient (Wildman–Crippen LogP) is -2.21. The summed E-state index contributed by atoms with van der Waals surface area (Å²) in [5.41, 5.74) is 8.33. The van der Waals surface area contributed by atoms with Crippen LogP contribution in [0.15, 0.2) is 106 Å². The van der Waals surface area contributed by atoms with E-state index in [4.69, 9.17) is 29.6 Å². The van der Waals surface area contributed by atoms with Crippen molar-refractivity contribution < 1.29 is 105 Å². The number of hydrogen-bond donors (Lipinski definition) is 4. The lowest BCUT2D eigenvalue weighted by atomic mass is 10.0. The Hall–Kier alpha value is -9.94. The molecule has 0 spiro atoms. The number of pyridine rings is 2. The van der Waals surface area contributed by atoms with Gasteiger partial charge in [-0.1, -0.05) is 29.9 Å². The molecule has 102 heavy (non-hydrogen) atoms. The molecular weight excluding hydrogens is 1520 g/mol. The van der Waals surface area contributed by atoms with Gasteiger partial charge in [-0.15, -0.1) is 23.5 Å². The van der Waals surface area contributed by atoms with Crippen molar-refractivity contribution in [1.82, 2.24) is 68.1 Å². The van der Waals surface area contributed by atoms with Crippen molar-refractivity contribution in [1.29, 1.82) is 0 Å². The Bertz CT molecular complexity index is 4490. The predicted molar refractivity (Wildman–Crippen MR) is 366 cm³/mol. The second kappa shape index (κ2) is 33.7. The number of ether oxygens (including phenoxy) is 3. The Morgan fingerprint density at radius 1 is 0.716 bits per heavy atom. The summed E-state index contributed by atoms with van der Waals surface area (Å²) in [4.78, 5) is 150. The lowest BCUT2D eigenvalue weighted by molar-refractivity contribution is -0.665. The monoisotopic (exact) mass is 1590 g/mol. The van der Waals surface area contributed by atoms with Gasteiger partial charge >= 0.3 is 23.4 Å². The number of anilines is 2. The molecule has 0 saturated carbocycles. The Morgan fingerprint density at radius 3 is 1.65 bits per heavy atom. The van der Waals surface area contributed by atoms with Crippen LogP contribution in [0.5, 0.6) is 5.75 Å². The molecule has 1 aromatic carbocycles. The van der Waals surface area contributed by atoms with Crippen LogP contribution >= 0.6 is 46.6 Å². The molecule has 0 radical (unpaired) electrons. The van der Waals surface area contributed by atoms with E-state index in [1.165, 1.54) is 38.2 Å². The number of hydrogen-bond acceptors (Lipinski definition) is 28. The molecule has 2 fully saturated rings. The van der Waals surface area contributed by atoms with Gasteiger partial charge in [0.15, 0.2) is 5.13 Å². The van der Waals surface area contributed by atoms with Crippen LogP contribution in [0.25, 0.3) is 22.3 Å². The molecule has 2 saturated heterocycles. The molecule has 6 aromatic heterocycles. The Balaban J connectivity index is 0.000000266. The number of methoxy groups -OCH3 is 1. The lowest BCUT2D eigenvalue weighted by Gasteiger charge is -2.50. The van der Waals surface area contributed by atoms with Crippen LogP contribution in [-0.2, 0) is 90.3 Å². The number of thioether (sulfide) groups is 2. The summed E-state index contributed by atoms with van der Waals surface area (Å²) in [6.07, 6.45) is 5.92. The third kappa shape index (κ3) is 17.5. The first kappa shape index (κ1) is 77.8. The molecule has 35 nitrogen and oxygen atoms in total. The number of nitrogens with one attached hydrogen (secondary N) is 3. The number of likely N-dealkylation sites (N-methyl/N-ethyl adjacent to an activating group) is 2. The molecule has 10 heterocycles. The van der Waals surface area contributed by atoms with Crippen molar-refractivity contribution in [3.8, 4) is 5.75 Å². The lowest BCUT2D eigenvalue weighted by Crippen LogP contribution is -3.00. The molecule has 4 atom stereocenters. The zero-order chi connectivity index (χ0) is 71.9. The van der Waals surface area contributed by atoms with Crippen molar-refractivity contribution in [2.24, 2.45) is 10.3 Å². The standard InChI is InChI=1S/C37H42N10O9S2.C24H26N10O6S2.CH4.HI/c1-8-55-42-26(29-40-35(58-43-29)41-36(52)56-37(2,3)4)31(49)39-27-32(50)47-28(34(51)54-18-21-11-13-23(53-7)14-12-21)22(19-57-33(27)47)16-45-15-9-10-24-30(45)38-20-46(24)17-25(48)44(5)6;1-4-40-29-15(18-28-24(25)42-30-18)20(36)27-16-21(37)34-17(23(38)39)12(10-41-22(16)34)8-32-7-5-6-13-19(32)26-11-33(13)9-14(35)31(2)3;;/h9-15,20,27,33H,8,16-19H2,1-7H3,(H-,39,40,41,43,49,52);5-7,11,16,22H,4,8-10H2,1-3H3,(H3-,25,27,28,30,36,38,39);1H4;1H/b42-26-;29-15-;;. The molecule has 4 aliphatic heterocycles. The van der Waals surface area contributed by atoms with Gasteiger partial charge in [0.05, 0.1) is 31.2 Å². The van der Waals surface area contributed by atoms with Gasteiger partial charge in [0, 0.05) is 73.9 Å². The number of nitrogens with zero attached hydrogens (tertiary/aromatic N) is 16. The van der Waals surface area contributed by atoms with E-state index in [1.54, 1.807) is 139 Å². The van der Waals surface area contributed by atoms with Crippen molar-refractivity contribution >= 4 is 144 Å². The number of nitrogen functional groups attached to an aromatic ring is 1. The van der Waals surface area contributed by atoms with Crippen LogP contribution in [0.4, 0.5) is 15.1 Å². The number of β-lactam (4-membered cyclic amide) rings is 2. The number of esters is 1. The molecule has 4 unspecified atom stereocenters. The van der Waals surface area contributed by atoms with Gasteiger partial charge in [0.25, 0.3) is 23.6 Å². The van der Waals surface area contributed by atoms with Gasteiger partial charge in [-0.3, -0.25) is 53.0 Å². The third-order valence-electron chi connectivity index (χ3n) is 15.1. The zero-order valence-electron chi connectivity index (χ0n) is 56.0. The highest BCUT2D eigenvalue weighted by molar-refractivity contribution is 8.00. The van der Waals surface area contributed by atoms with E-state index < -0.39 is 70.1 Å². The van der Waals surface area contributed by atoms with Crippen molar-refractivity contribution in [3.05, 3.63) is 113 Å². The topological polar surface area (TPSA) is 418 Å². The summed E-state index contributed by atoms with van der Waals surface area (Å²) in [6.45, 7) is 9.16. The van der Waals surface area contributed by atoms with Gasteiger partial charge in [-0.05, 0) is 86.5 Å². The fraction of sp³-hybridized carbons (Fsp3) is 0.403. The first-order valence-corrected chi connectivity index (χ1v) is 34.3. The first-order chi connectivity index (χ1) is 47.8. The van der Waals surface area contributed by atoms with Gasteiger partial charge in [0.2, 0.25) is 52.7 Å². The number of rotatable bonds is 24. The van der Waals surface area contributed by atoms with Crippen LogP contribution < -0.4 is 64.6 Å². The average Bonchev–Trinajstić information content (AvgIpc) is 0.927. The molecule has 11 rings (SSSR count). The summed E-state index contributed by atoms with van der Waals surface area (Å²) in [6, 6.07) is 12.2. The summed E-state index contributed by atoms with van der Waals surface area (Å²) < 4.78 is 31.5. The highest BCUT2D eigenvalue weighted by Crippen LogP contribution is 2.42. The van der Waals surface area contributed by atoms with E-state index in [0.29, 0.717) is 50.5 Å². The molecule has 40 heteroatoms. The SMILES string of the molecule is C.CCO/N=C(\C(=O)NC1C(=O)N2C(C(=O)OCc3ccc(OC)cc3)=C(C[n+]3cccc4c3ncn4CC(=O)N(C)C)CSC12)c1nsc(NC(=O)OC(C)(C)C)n1.CCO/N=C(\C(=O)NC1C(=O)N2C(C(=O)[O-])=C(C[n+]3cccc4c3ncn4CC(=O)N(C)C)CSC12)c1nsc(N)n1.[I-]. The fourth-order valence-electron chi connectivity index (χ4n) is 10.3. The smallest absolute Gasteiger partial charge is 0.414 e. The fourth-order valence-corrected chi connectivity index (χ4v) is 14.0. The molecule has 0 aliphatic carbocycles. The van der Waals surface area contributed by atoms with E-state index in [2.05, 4.69) is 54.9 Å². The van der Waals surface area contributed by atoms with Crippen molar-refractivity contribution in [3.63, 3.8) is 0 Å². The number of fused-ring (bicyclic) bond motifs is 4. The number of carboxylic acids is 1. The number of oxime groups is 2. The number of nitrogens with two attached hydrogens (primary N) is 1. The second-order valence-corrected chi connectivity index (χ2v) is 27.3. The average molecular weight is 1590 g/mol. The van der Waals surface area contributed by atoms with Crippen LogP contribution in [0.3, 0.4) is 0 Å². The van der Waals surface area contributed by atoms with E-state index in [9.17, 15) is 48.3 Å².